The molecule has 0 bridgehead atoms. The summed E-state index contributed by atoms with van der Waals surface area (Å²) in [5.74, 6) is 1.78. The lowest BCUT2D eigenvalue weighted by Gasteiger charge is -2.33. The molecule has 2 heterocycles. The molecule has 1 aliphatic heterocycles. The highest BCUT2D eigenvalue weighted by molar-refractivity contribution is 6.07. The minimum absolute atomic E-state index is 0.145. The first-order valence-corrected chi connectivity index (χ1v) is 10.6. The zero-order valence-corrected chi connectivity index (χ0v) is 16.7. The summed E-state index contributed by atoms with van der Waals surface area (Å²) in [5.41, 5.74) is 1.73. The average molecular weight is 366 g/mol. The Morgan fingerprint density at radius 1 is 1.11 bits per heavy atom. The van der Waals surface area contributed by atoms with Crippen molar-refractivity contribution in [3.05, 3.63) is 35.9 Å². The van der Waals surface area contributed by atoms with Gasteiger partial charge in [-0.1, -0.05) is 44.4 Å². The van der Waals surface area contributed by atoms with Gasteiger partial charge in [0.25, 0.3) is 5.91 Å². The standard InChI is InChI=1S/C23H31N3O/c1-17-9-8-14-26(16-17)22-15-20(19-12-6-7-13-21(19)24-22)23(27)25(2)18-10-4-3-5-11-18/h6-7,12-13,15,17-18H,3-5,8-11,14,16H2,1-2H3. The van der Waals surface area contributed by atoms with Gasteiger partial charge in [0, 0.05) is 31.6 Å². The summed E-state index contributed by atoms with van der Waals surface area (Å²) in [6.07, 6.45) is 8.49. The highest BCUT2D eigenvalue weighted by Gasteiger charge is 2.26. The molecule has 1 aromatic heterocycles. The van der Waals surface area contributed by atoms with Crippen LogP contribution in [0.4, 0.5) is 5.82 Å². The summed E-state index contributed by atoms with van der Waals surface area (Å²) in [5, 5.41) is 0.971. The fourth-order valence-electron chi connectivity index (χ4n) is 4.72. The highest BCUT2D eigenvalue weighted by Crippen LogP contribution is 2.29. The summed E-state index contributed by atoms with van der Waals surface area (Å²) >= 11 is 0. The van der Waals surface area contributed by atoms with E-state index in [-0.39, 0.29) is 5.91 Å². The van der Waals surface area contributed by atoms with E-state index in [9.17, 15) is 4.79 Å². The van der Waals surface area contributed by atoms with E-state index in [2.05, 4.69) is 11.8 Å². The van der Waals surface area contributed by atoms with Crippen LogP contribution in [0.5, 0.6) is 0 Å². The fourth-order valence-corrected chi connectivity index (χ4v) is 4.72. The highest BCUT2D eigenvalue weighted by atomic mass is 16.2. The second-order valence-electron chi connectivity index (χ2n) is 8.45. The number of fused-ring (bicyclic) bond motifs is 1. The third-order valence-electron chi connectivity index (χ3n) is 6.36. The lowest BCUT2D eigenvalue weighted by Crippen LogP contribution is -2.39. The number of carbonyl (C=O) groups is 1. The van der Waals surface area contributed by atoms with Crippen LogP contribution >= 0.6 is 0 Å². The summed E-state index contributed by atoms with van der Waals surface area (Å²) in [6.45, 7) is 4.36. The first kappa shape index (κ1) is 18.3. The predicted octanol–water partition coefficient (Wildman–Crippen LogP) is 4.88. The number of piperidine rings is 1. The van der Waals surface area contributed by atoms with E-state index in [1.54, 1.807) is 0 Å². The van der Waals surface area contributed by atoms with Crippen molar-refractivity contribution in [2.24, 2.45) is 5.92 Å². The molecule has 0 radical (unpaired) electrons. The zero-order chi connectivity index (χ0) is 18.8. The molecule has 1 unspecified atom stereocenters. The fraction of sp³-hybridized carbons (Fsp3) is 0.565. The van der Waals surface area contributed by atoms with Crippen molar-refractivity contribution in [2.45, 2.75) is 57.9 Å². The molecule has 2 fully saturated rings. The van der Waals surface area contributed by atoms with Gasteiger partial charge >= 0.3 is 0 Å². The molecule has 1 amide bonds. The number of amides is 1. The molecule has 144 valence electrons. The first-order chi connectivity index (χ1) is 13.1. The van der Waals surface area contributed by atoms with E-state index in [0.29, 0.717) is 12.0 Å². The van der Waals surface area contributed by atoms with Gasteiger partial charge in [0.05, 0.1) is 11.1 Å². The Balaban J connectivity index is 1.70. The van der Waals surface area contributed by atoms with Crippen LogP contribution in [-0.2, 0) is 0 Å². The molecule has 0 N–H and O–H groups in total. The van der Waals surface area contributed by atoms with Crippen molar-refractivity contribution in [2.75, 3.05) is 25.0 Å². The quantitative estimate of drug-likeness (QED) is 0.778. The van der Waals surface area contributed by atoms with Crippen LogP contribution in [0, 0.1) is 5.92 Å². The number of benzene rings is 1. The molecule has 1 saturated carbocycles. The maximum atomic E-state index is 13.4. The summed E-state index contributed by atoms with van der Waals surface area (Å²) in [6, 6.07) is 10.5. The lowest BCUT2D eigenvalue weighted by molar-refractivity contribution is 0.0698. The molecular formula is C23H31N3O. The molecule has 1 atom stereocenters. The van der Waals surface area contributed by atoms with Crippen molar-refractivity contribution < 1.29 is 4.79 Å². The van der Waals surface area contributed by atoms with E-state index in [1.807, 2.05) is 42.3 Å². The SMILES string of the molecule is CC1CCCN(c2cc(C(=O)N(C)C3CCCCC3)c3ccccc3n2)C1. The third kappa shape index (κ3) is 3.80. The average Bonchev–Trinajstić information content (AvgIpc) is 2.72. The summed E-state index contributed by atoms with van der Waals surface area (Å²) in [4.78, 5) is 22.7. The van der Waals surface area contributed by atoms with Crippen LogP contribution in [0.2, 0.25) is 0 Å². The Hall–Kier alpha value is -2.10. The molecule has 27 heavy (non-hydrogen) atoms. The molecule has 4 nitrogen and oxygen atoms in total. The number of carbonyl (C=O) groups excluding carboxylic acids is 1. The Morgan fingerprint density at radius 2 is 1.89 bits per heavy atom. The molecule has 4 heteroatoms. The van der Waals surface area contributed by atoms with E-state index < -0.39 is 0 Å². The van der Waals surface area contributed by atoms with Gasteiger partial charge in [0.15, 0.2) is 0 Å². The van der Waals surface area contributed by atoms with E-state index in [0.717, 1.165) is 48.2 Å². The second-order valence-corrected chi connectivity index (χ2v) is 8.45. The number of rotatable bonds is 3. The normalized spacial score (nSPS) is 21.4. The van der Waals surface area contributed by atoms with Gasteiger partial charge in [-0.3, -0.25) is 4.79 Å². The third-order valence-corrected chi connectivity index (χ3v) is 6.36. The number of pyridine rings is 1. The second kappa shape index (κ2) is 7.87. The minimum atomic E-state index is 0.145. The van der Waals surface area contributed by atoms with Crippen molar-refractivity contribution in [1.29, 1.82) is 0 Å². The number of anilines is 1. The van der Waals surface area contributed by atoms with Gasteiger partial charge in [-0.2, -0.15) is 0 Å². The zero-order valence-electron chi connectivity index (χ0n) is 16.7. The van der Waals surface area contributed by atoms with E-state index >= 15 is 0 Å². The van der Waals surface area contributed by atoms with Crippen molar-refractivity contribution >= 4 is 22.6 Å². The van der Waals surface area contributed by atoms with Crippen LogP contribution in [0.25, 0.3) is 10.9 Å². The molecule has 1 saturated heterocycles. The maximum absolute atomic E-state index is 13.4. The number of hydrogen-bond donors (Lipinski definition) is 0. The molecular weight excluding hydrogens is 334 g/mol. The van der Waals surface area contributed by atoms with Crippen LogP contribution in [-0.4, -0.2) is 42.0 Å². The van der Waals surface area contributed by atoms with Gasteiger partial charge < -0.3 is 9.80 Å². The van der Waals surface area contributed by atoms with Gasteiger partial charge in [-0.25, -0.2) is 4.98 Å². The monoisotopic (exact) mass is 365 g/mol. The van der Waals surface area contributed by atoms with E-state index in [1.165, 1.54) is 32.1 Å². The lowest BCUT2D eigenvalue weighted by atomic mass is 9.94. The number of para-hydroxylation sites is 1. The predicted molar refractivity (Wildman–Crippen MR) is 111 cm³/mol. The summed E-state index contributed by atoms with van der Waals surface area (Å²) < 4.78 is 0. The van der Waals surface area contributed by atoms with Gasteiger partial charge in [-0.15, -0.1) is 0 Å². The smallest absolute Gasteiger partial charge is 0.254 e. The molecule has 0 spiro atoms. The van der Waals surface area contributed by atoms with Crippen LogP contribution in [0.1, 0.15) is 62.2 Å². The van der Waals surface area contributed by atoms with Gasteiger partial charge in [0.2, 0.25) is 0 Å². The van der Waals surface area contributed by atoms with Crippen molar-refractivity contribution in [3.8, 4) is 0 Å². The number of hydrogen-bond acceptors (Lipinski definition) is 3. The largest absolute Gasteiger partial charge is 0.356 e. The van der Waals surface area contributed by atoms with E-state index in [4.69, 9.17) is 4.98 Å². The maximum Gasteiger partial charge on any atom is 0.254 e. The topological polar surface area (TPSA) is 36.4 Å². The number of aromatic nitrogens is 1. The van der Waals surface area contributed by atoms with Crippen molar-refractivity contribution in [3.63, 3.8) is 0 Å². The molecule has 4 rings (SSSR count). The molecule has 1 aliphatic carbocycles. The first-order valence-electron chi connectivity index (χ1n) is 10.6. The van der Waals surface area contributed by atoms with Gasteiger partial charge in [-0.05, 0) is 43.7 Å². The van der Waals surface area contributed by atoms with Crippen LogP contribution in [0.15, 0.2) is 30.3 Å². The Labute approximate surface area is 162 Å². The molecule has 1 aromatic carbocycles. The summed E-state index contributed by atoms with van der Waals surface area (Å²) in [7, 11) is 1.98. The van der Waals surface area contributed by atoms with Gasteiger partial charge in [0.1, 0.15) is 5.82 Å². The minimum Gasteiger partial charge on any atom is -0.356 e. The molecule has 2 aromatic rings. The number of nitrogens with zero attached hydrogens (tertiary/aromatic N) is 3. The Morgan fingerprint density at radius 3 is 2.67 bits per heavy atom. The Bertz CT molecular complexity index is 812. The van der Waals surface area contributed by atoms with Crippen LogP contribution in [0.3, 0.4) is 0 Å². The van der Waals surface area contributed by atoms with Crippen molar-refractivity contribution in [1.82, 2.24) is 9.88 Å². The Kier molecular flexibility index (Phi) is 5.33. The van der Waals surface area contributed by atoms with Crippen LogP contribution < -0.4 is 4.90 Å². The molecule has 2 aliphatic rings.